The number of thiophene rings is 1. The summed E-state index contributed by atoms with van der Waals surface area (Å²) in [5.74, 6) is 0.903. The van der Waals surface area contributed by atoms with Gasteiger partial charge in [-0.2, -0.15) is 5.10 Å². The second kappa shape index (κ2) is 5.24. The molecule has 0 saturated heterocycles. The van der Waals surface area contributed by atoms with Gasteiger partial charge in [0.25, 0.3) is 0 Å². The molecule has 0 aliphatic heterocycles. The van der Waals surface area contributed by atoms with Crippen molar-refractivity contribution < 1.29 is 4.74 Å². The van der Waals surface area contributed by atoms with Crippen molar-refractivity contribution in [2.24, 2.45) is 7.05 Å². The van der Waals surface area contributed by atoms with Crippen LogP contribution in [0.4, 0.5) is 0 Å². The van der Waals surface area contributed by atoms with Gasteiger partial charge in [0.2, 0.25) is 0 Å². The minimum absolute atomic E-state index is 0.903. The third-order valence-electron chi connectivity index (χ3n) is 4.65. The predicted octanol–water partition coefficient (Wildman–Crippen LogP) is 4.96. The fraction of sp³-hybridized carbons (Fsp3) is 0.316. The topological polar surface area (TPSA) is 27.1 Å². The number of benzene rings is 1. The first-order chi connectivity index (χ1) is 11.0. The Kier molecular flexibility index (Phi) is 3.31. The third-order valence-corrected chi connectivity index (χ3v) is 5.68. The lowest BCUT2D eigenvalue weighted by molar-refractivity contribution is 0.496. The van der Waals surface area contributed by atoms with Crippen LogP contribution in [0.3, 0.4) is 0 Å². The molecule has 118 valence electrons. The molecule has 0 atom stereocenters. The lowest BCUT2D eigenvalue weighted by atomic mass is 9.92. The Morgan fingerprint density at radius 1 is 1.13 bits per heavy atom. The molecular formula is C19H20N2OS. The van der Waals surface area contributed by atoms with Gasteiger partial charge < -0.3 is 4.74 Å². The Morgan fingerprint density at radius 3 is 2.74 bits per heavy atom. The number of aryl methyl sites for hydroxylation is 5. The Labute approximate surface area is 140 Å². The predicted molar refractivity (Wildman–Crippen MR) is 94.7 cm³/mol. The van der Waals surface area contributed by atoms with E-state index in [-0.39, 0.29) is 0 Å². The molecule has 1 aliphatic rings. The largest absolute Gasteiger partial charge is 0.446 e. The van der Waals surface area contributed by atoms with Crippen LogP contribution in [0.25, 0.3) is 11.3 Å². The van der Waals surface area contributed by atoms with Gasteiger partial charge in [-0.15, -0.1) is 11.3 Å². The molecule has 1 aliphatic carbocycles. The van der Waals surface area contributed by atoms with E-state index in [0.29, 0.717) is 0 Å². The SMILES string of the molecule is Cc1ccc(Oc2sc(C)c3c2-c2nn(C)cc2CC3)cc1C. The standard InChI is InChI=1S/C19H20N2OS/c1-11-5-7-15(9-12(11)2)22-19-17-16(13(3)23-19)8-6-14-10-21(4)20-18(14)17/h5,7,9-10H,6,8H2,1-4H3. The van der Waals surface area contributed by atoms with E-state index in [1.54, 1.807) is 11.3 Å². The van der Waals surface area contributed by atoms with E-state index in [1.807, 2.05) is 17.8 Å². The normalized spacial score (nSPS) is 12.9. The zero-order valence-corrected chi connectivity index (χ0v) is 14.8. The summed E-state index contributed by atoms with van der Waals surface area (Å²) in [6, 6.07) is 6.27. The van der Waals surface area contributed by atoms with Crippen molar-refractivity contribution in [3.8, 4) is 22.1 Å². The zero-order chi connectivity index (χ0) is 16.1. The fourth-order valence-corrected chi connectivity index (χ4v) is 4.30. The molecule has 0 unspecified atom stereocenters. The summed E-state index contributed by atoms with van der Waals surface area (Å²) in [7, 11) is 1.99. The second-order valence-electron chi connectivity index (χ2n) is 6.32. The Balaban J connectivity index is 1.80. The summed E-state index contributed by atoms with van der Waals surface area (Å²) in [5.41, 5.74) is 7.56. The van der Waals surface area contributed by atoms with E-state index in [9.17, 15) is 0 Å². The first-order valence-electron chi connectivity index (χ1n) is 7.93. The van der Waals surface area contributed by atoms with Crippen molar-refractivity contribution in [1.29, 1.82) is 0 Å². The minimum atomic E-state index is 0.903. The van der Waals surface area contributed by atoms with Crippen LogP contribution in [-0.4, -0.2) is 9.78 Å². The molecule has 3 aromatic rings. The van der Waals surface area contributed by atoms with E-state index in [4.69, 9.17) is 4.74 Å². The second-order valence-corrected chi connectivity index (χ2v) is 7.51. The van der Waals surface area contributed by atoms with Crippen molar-refractivity contribution in [3.05, 3.63) is 51.5 Å². The van der Waals surface area contributed by atoms with Gasteiger partial charge in [-0.05, 0) is 68.0 Å². The molecule has 0 amide bonds. The molecule has 0 saturated carbocycles. The highest BCUT2D eigenvalue weighted by Gasteiger charge is 2.27. The smallest absolute Gasteiger partial charge is 0.190 e. The molecule has 2 heterocycles. The Morgan fingerprint density at radius 2 is 1.96 bits per heavy atom. The molecule has 4 heteroatoms. The van der Waals surface area contributed by atoms with Crippen molar-refractivity contribution in [1.82, 2.24) is 9.78 Å². The number of hydrogen-bond acceptors (Lipinski definition) is 3. The number of ether oxygens (including phenoxy) is 1. The van der Waals surface area contributed by atoms with Crippen LogP contribution in [0, 0.1) is 20.8 Å². The van der Waals surface area contributed by atoms with Gasteiger partial charge in [-0.1, -0.05) is 6.07 Å². The van der Waals surface area contributed by atoms with Crippen LogP contribution >= 0.6 is 11.3 Å². The monoisotopic (exact) mass is 324 g/mol. The lowest BCUT2D eigenvalue weighted by Gasteiger charge is -2.14. The third kappa shape index (κ3) is 2.38. The summed E-state index contributed by atoms with van der Waals surface area (Å²) >= 11 is 1.74. The number of nitrogens with zero attached hydrogens (tertiary/aromatic N) is 2. The molecule has 23 heavy (non-hydrogen) atoms. The molecule has 4 rings (SSSR count). The fourth-order valence-electron chi connectivity index (χ4n) is 3.24. The van der Waals surface area contributed by atoms with Crippen LogP contribution in [-0.2, 0) is 19.9 Å². The van der Waals surface area contributed by atoms with Crippen molar-refractivity contribution in [2.45, 2.75) is 33.6 Å². The first kappa shape index (κ1) is 14.5. The molecular weight excluding hydrogens is 304 g/mol. The maximum atomic E-state index is 6.27. The highest BCUT2D eigenvalue weighted by molar-refractivity contribution is 7.14. The highest BCUT2D eigenvalue weighted by atomic mass is 32.1. The summed E-state index contributed by atoms with van der Waals surface area (Å²) < 4.78 is 8.18. The van der Waals surface area contributed by atoms with Gasteiger partial charge in [0.1, 0.15) is 11.4 Å². The van der Waals surface area contributed by atoms with Gasteiger partial charge >= 0.3 is 0 Å². The maximum absolute atomic E-state index is 6.27. The van der Waals surface area contributed by atoms with Gasteiger partial charge in [-0.3, -0.25) is 4.68 Å². The maximum Gasteiger partial charge on any atom is 0.190 e. The van der Waals surface area contributed by atoms with Crippen LogP contribution < -0.4 is 4.74 Å². The van der Waals surface area contributed by atoms with Gasteiger partial charge in [0.15, 0.2) is 5.06 Å². The number of aromatic nitrogens is 2. The lowest BCUT2D eigenvalue weighted by Crippen LogP contribution is -2.02. The molecule has 0 bridgehead atoms. The molecule has 0 fully saturated rings. The van der Waals surface area contributed by atoms with E-state index in [1.165, 1.54) is 32.7 Å². The summed E-state index contributed by atoms with van der Waals surface area (Å²) in [5, 5.41) is 5.66. The van der Waals surface area contributed by atoms with Crippen LogP contribution in [0.5, 0.6) is 10.8 Å². The zero-order valence-electron chi connectivity index (χ0n) is 13.9. The van der Waals surface area contributed by atoms with E-state index < -0.39 is 0 Å². The number of hydrogen-bond donors (Lipinski definition) is 0. The number of rotatable bonds is 2. The average Bonchev–Trinajstić information content (AvgIpc) is 3.02. The van der Waals surface area contributed by atoms with Crippen molar-refractivity contribution in [3.63, 3.8) is 0 Å². The van der Waals surface area contributed by atoms with Gasteiger partial charge in [0, 0.05) is 18.1 Å². The molecule has 0 radical (unpaired) electrons. The molecule has 0 spiro atoms. The average molecular weight is 324 g/mol. The first-order valence-corrected chi connectivity index (χ1v) is 8.75. The Hall–Kier alpha value is -2.07. The molecule has 1 aromatic carbocycles. The van der Waals surface area contributed by atoms with Crippen molar-refractivity contribution >= 4 is 11.3 Å². The highest BCUT2D eigenvalue weighted by Crippen LogP contribution is 2.47. The number of fused-ring (bicyclic) bond motifs is 3. The van der Waals surface area contributed by atoms with Crippen molar-refractivity contribution in [2.75, 3.05) is 0 Å². The van der Waals surface area contributed by atoms with Gasteiger partial charge in [0.05, 0.1) is 5.56 Å². The summed E-state index contributed by atoms with van der Waals surface area (Å²) in [6.45, 7) is 6.43. The van der Waals surface area contributed by atoms with Crippen LogP contribution in [0.1, 0.15) is 27.1 Å². The summed E-state index contributed by atoms with van der Waals surface area (Å²) in [6.07, 6.45) is 4.27. The minimum Gasteiger partial charge on any atom is -0.446 e. The van der Waals surface area contributed by atoms with E-state index >= 15 is 0 Å². The molecule has 0 N–H and O–H groups in total. The molecule has 3 nitrogen and oxygen atoms in total. The van der Waals surface area contributed by atoms with Crippen LogP contribution in [0.15, 0.2) is 24.4 Å². The van der Waals surface area contributed by atoms with Crippen LogP contribution in [0.2, 0.25) is 0 Å². The van der Waals surface area contributed by atoms with E-state index in [2.05, 4.69) is 44.2 Å². The quantitative estimate of drug-likeness (QED) is 0.666. The van der Waals surface area contributed by atoms with Gasteiger partial charge in [-0.25, -0.2) is 0 Å². The Bertz CT molecular complexity index is 904. The summed E-state index contributed by atoms with van der Waals surface area (Å²) in [4.78, 5) is 1.34. The van der Waals surface area contributed by atoms with E-state index in [0.717, 1.165) is 29.3 Å². The molecule has 2 aromatic heterocycles.